The second-order valence-corrected chi connectivity index (χ2v) is 13.0. The summed E-state index contributed by atoms with van der Waals surface area (Å²) in [6, 6.07) is 2.41. The molecule has 2 aliphatic heterocycles. The minimum absolute atomic E-state index is 0.149. The van der Waals surface area contributed by atoms with Crippen molar-refractivity contribution in [1.29, 1.82) is 0 Å². The van der Waals surface area contributed by atoms with E-state index in [1.807, 2.05) is 13.8 Å². The number of rotatable bonds is 12. The fourth-order valence-electron chi connectivity index (χ4n) is 6.37. The van der Waals surface area contributed by atoms with Crippen molar-refractivity contribution in [3.05, 3.63) is 36.0 Å². The molecule has 13 nitrogen and oxygen atoms in total. The Bertz CT molecular complexity index is 1500. The zero-order valence-electron chi connectivity index (χ0n) is 28.6. The van der Waals surface area contributed by atoms with Gasteiger partial charge in [-0.2, -0.15) is 4.73 Å². The van der Waals surface area contributed by atoms with E-state index in [0.717, 1.165) is 6.42 Å². The molecule has 1 unspecified atom stereocenters. The molecule has 4 amide bonds. The average Bonchev–Trinajstić information content (AvgIpc) is 3.45. The monoisotopic (exact) mass is 667 g/mol. The maximum Gasteiger partial charge on any atom is 0.306 e. The van der Waals surface area contributed by atoms with E-state index in [1.165, 1.54) is 22.9 Å². The van der Waals surface area contributed by atoms with Gasteiger partial charge in [0.15, 0.2) is 11.8 Å². The molecule has 262 valence electrons. The molecule has 2 aromatic rings. The number of amides is 4. The van der Waals surface area contributed by atoms with Crippen molar-refractivity contribution in [1.82, 2.24) is 25.6 Å². The molecule has 13 heteroatoms. The molecule has 3 heterocycles. The third kappa shape index (κ3) is 8.53. The van der Waals surface area contributed by atoms with Gasteiger partial charge in [-0.1, -0.05) is 51.3 Å². The van der Waals surface area contributed by atoms with Gasteiger partial charge in [0.25, 0.3) is 5.91 Å². The summed E-state index contributed by atoms with van der Waals surface area (Å²) in [4.78, 5) is 88.9. The molecule has 2 aliphatic rings. The van der Waals surface area contributed by atoms with Crippen molar-refractivity contribution in [3.8, 4) is 0 Å². The highest BCUT2D eigenvalue weighted by molar-refractivity contribution is 6.20. The lowest BCUT2D eigenvalue weighted by molar-refractivity contribution is -0.147. The first-order valence-corrected chi connectivity index (χ1v) is 17.1. The van der Waals surface area contributed by atoms with Crippen LogP contribution in [-0.2, 0) is 28.7 Å². The molecule has 4 rings (SSSR count). The highest BCUT2D eigenvalue weighted by atomic mass is 16.6. The van der Waals surface area contributed by atoms with Crippen molar-refractivity contribution in [2.24, 2.45) is 5.92 Å². The highest BCUT2D eigenvalue weighted by Gasteiger charge is 2.42. The quantitative estimate of drug-likeness (QED) is 0.135. The van der Waals surface area contributed by atoms with Crippen LogP contribution >= 0.6 is 0 Å². The maximum atomic E-state index is 14.2. The lowest BCUT2D eigenvalue weighted by Crippen LogP contribution is -2.65. The summed E-state index contributed by atoms with van der Waals surface area (Å²) < 4.78 is 6.59. The number of unbranched alkanes of at least 4 members (excludes halogenated alkanes) is 2. The van der Waals surface area contributed by atoms with Gasteiger partial charge >= 0.3 is 5.97 Å². The van der Waals surface area contributed by atoms with E-state index in [0.29, 0.717) is 56.0 Å². The van der Waals surface area contributed by atoms with Gasteiger partial charge in [-0.3, -0.25) is 28.8 Å². The van der Waals surface area contributed by atoms with Crippen molar-refractivity contribution < 1.29 is 38.3 Å². The van der Waals surface area contributed by atoms with Gasteiger partial charge in [-0.05, 0) is 57.9 Å². The molecular weight excluding hydrogens is 618 g/mol. The normalized spacial score (nSPS) is 22.9. The van der Waals surface area contributed by atoms with Gasteiger partial charge in [0.1, 0.15) is 25.2 Å². The van der Waals surface area contributed by atoms with E-state index in [4.69, 9.17) is 9.57 Å². The van der Waals surface area contributed by atoms with Crippen molar-refractivity contribution in [2.45, 2.75) is 116 Å². The Labute approximate surface area is 281 Å². The Kier molecular flexibility index (Phi) is 12.6. The fraction of sp³-hybridized carbons (Fsp3) is 0.600. The van der Waals surface area contributed by atoms with Crippen LogP contribution in [0.15, 0.2) is 30.5 Å². The zero-order chi connectivity index (χ0) is 35.0. The number of ketones is 1. The number of carbonyl (C=O) groups excluding carboxylic acids is 6. The third-order valence-electron chi connectivity index (χ3n) is 9.19. The Morgan fingerprint density at radius 2 is 1.69 bits per heavy atom. The molecule has 48 heavy (non-hydrogen) atoms. The third-order valence-corrected chi connectivity index (χ3v) is 9.19. The van der Waals surface area contributed by atoms with Gasteiger partial charge in [0.2, 0.25) is 17.7 Å². The first-order valence-electron chi connectivity index (χ1n) is 17.1. The van der Waals surface area contributed by atoms with Crippen LogP contribution in [0, 0.1) is 5.92 Å². The summed E-state index contributed by atoms with van der Waals surface area (Å²) in [5, 5.41) is 8.78. The lowest BCUT2D eigenvalue weighted by Gasteiger charge is -2.39. The number of piperidine rings is 1. The first kappa shape index (κ1) is 36.4. The minimum Gasteiger partial charge on any atom is -0.463 e. The predicted octanol–water partition coefficient (Wildman–Crippen LogP) is 2.68. The predicted molar refractivity (Wildman–Crippen MR) is 178 cm³/mol. The summed E-state index contributed by atoms with van der Waals surface area (Å²) in [5.74, 6) is -3.67. The van der Waals surface area contributed by atoms with Crippen molar-refractivity contribution >= 4 is 46.3 Å². The Balaban J connectivity index is 1.67. The second-order valence-electron chi connectivity index (χ2n) is 13.0. The highest BCUT2D eigenvalue weighted by Crippen LogP contribution is 2.24. The summed E-state index contributed by atoms with van der Waals surface area (Å²) in [7, 11) is 1.45. The largest absolute Gasteiger partial charge is 0.463 e. The summed E-state index contributed by atoms with van der Waals surface area (Å²) >= 11 is 0. The summed E-state index contributed by atoms with van der Waals surface area (Å²) in [6.07, 6.45) is 5.66. The lowest BCUT2D eigenvalue weighted by atomic mass is 9.93. The van der Waals surface area contributed by atoms with Gasteiger partial charge in [-0.25, -0.2) is 0 Å². The number of fused-ring (bicyclic) bond motifs is 2. The van der Waals surface area contributed by atoms with Crippen LogP contribution in [0.1, 0.15) is 95.8 Å². The van der Waals surface area contributed by atoms with Crippen LogP contribution in [-0.4, -0.2) is 88.9 Å². The van der Waals surface area contributed by atoms with Gasteiger partial charge in [0, 0.05) is 23.9 Å². The number of nitrogens with one attached hydrogen (secondary N) is 3. The first-order chi connectivity index (χ1) is 23.0. The number of nitrogens with zero attached hydrogens (tertiary/aromatic N) is 2. The average molecular weight is 668 g/mol. The van der Waals surface area contributed by atoms with Crippen LogP contribution in [0.4, 0.5) is 0 Å². The molecule has 0 bridgehead atoms. The molecule has 0 aliphatic carbocycles. The van der Waals surface area contributed by atoms with E-state index >= 15 is 0 Å². The zero-order valence-corrected chi connectivity index (χ0v) is 28.6. The van der Waals surface area contributed by atoms with Gasteiger partial charge < -0.3 is 30.4 Å². The number of aromatic nitrogens is 1. The molecule has 3 N–H and O–H groups in total. The minimum atomic E-state index is -1.70. The molecule has 0 saturated carbocycles. The summed E-state index contributed by atoms with van der Waals surface area (Å²) in [5.41, 5.74) is 0.742. The van der Waals surface area contributed by atoms with E-state index in [2.05, 4.69) is 16.0 Å². The van der Waals surface area contributed by atoms with Crippen LogP contribution in [0.25, 0.3) is 10.9 Å². The molecule has 5 atom stereocenters. The number of ether oxygens (including phenoxy) is 1. The standard InChI is InChI=1S/C35H49N5O8/c1-6-22(4)29-35(46)39-19-13-12-17-27(39)33(44)36-25(15-8-7-9-18-28(41)48-21(2)3)32(43)38-30(34(45)37-29)31(42)24-20-40(47-5)26-16-11-10-14-23(24)26/h10-11,14,16,20-22,25,27,29-30H,6-9,12-13,15,17-19H2,1-5H3,(H,36,44)(H,37,45)(H,38,43)/t22?,25-,27+,29-,30-/m0/s1. The number of hydrogen-bond acceptors (Lipinski definition) is 8. The number of carbonyl (C=O) groups is 6. The van der Waals surface area contributed by atoms with E-state index in [9.17, 15) is 28.8 Å². The number of Topliss-reactive ketones (excluding diaryl/α,β-unsaturated/α-hetero) is 1. The Morgan fingerprint density at radius 3 is 2.40 bits per heavy atom. The number of para-hydroxylation sites is 1. The number of esters is 1. The van der Waals surface area contributed by atoms with Crippen LogP contribution < -0.4 is 20.8 Å². The van der Waals surface area contributed by atoms with E-state index < -0.39 is 53.6 Å². The van der Waals surface area contributed by atoms with Crippen molar-refractivity contribution in [2.75, 3.05) is 13.7 Å². The second kappa shape index (κ2) is 16.6. The number of benzene rings is 1. The van der Waals surface area contributed by atoms with E-state index in [-0.39, 0.29) is 36.4 Å². The topological polar surface area (TPSA) is 165 Å². The molecule has 1 aromatic carbocycles. The number of hydrogen-bond donors (Lipinski definition) is 3. The molecule has 2 fully saturated rings. The fourth-order valence-corrected chi connectivity index (χ4v) is 6.37. The summed E-state index contributed by atoms with van der Waals surface area (Å²) in [6.45, 7) is 7.61. The van der Waals surface area contributed by atoms with E-state index in [1.54, 1.807) is 38.1 Å². The molecule has 0 radical (unpaired) electrons. The van der Waals surface area contributed by atoms with Gasteiger partial charge in [-0.15, -0.1) is 0 Å². The smallest absolute Gasteiger partial charge is 0.306 e. The molecule has 0 spiro atoms. The van der Waals surface area contributed by atoms with Crippen molar-refractivity contribution in [3.63, 3.8) is 0 Å². The van der Waals surface area contributed by atoms with Crippen LogP contribution in [0.2, 0.25) is 0 Å². The maximum absolute atomic E-state index is 14.2. The van der Waals surface area contributed by atoms with Gasteiger partial charge in [0.05, 0.1) is 17.8 Å². The SMILES string of the molecule is CCC(C)[C@@H]1NC(=O)[C@H](C(=O)c2cn(OC)c3ccccc23)NC(=O)[C@H](CCCCCC(=O)OC(C)C)NC(=O)[C@H]2CCCCN2C1=O. The molecule has 2 saturated heterocycles. The van der Waals surface area contributed by atoms with Crippen LogP contribution in [0.5, 0.6) is 0 Å². The Morgan fingerprint density at radius 1 is 0.938 bits per heavy atom. The Hall–Kier alpha value is -4.42. The molecule has 1 aromatic heterocycles. The molecular formula is C35H49N5O8. The van der Waals surface area contributed by atoms with Crippen LogP contribution in [0.3, 0.4) is 0 Å².